The van der Waals surface area contributed by atoms with E-state index >= 15 is 0 Å². The van der Waals surface area contributed by atoms with Crippen LogP contribution in [0.15, 0.2) is 30.3 Å². The lowest BCUT2D eigenvalue weighted by molar-refractivity contribution is 0.103. The van der Waals surface area contributed by atoms with Gasteiger partial charge in [0.15, 0.2) is 11.5 Å². The van der Waals surface area contributed by atoms with E-state index < -0.39 is 6.16 Å². The van der Waals surface area contributed by atoms with Gasteiger partial charge in [-0.1, -0.05) is 6.07 Å². The molecule has 0 atom stereocenters. The topological polar surface area (TPSA) is 79.0 Å². The van der Waals surface area contributed by atoms with Crippen molar-refractivity contribution in [2.24, 2.45) is 0 Å². The van der Waals surface area contributed by atoms with Crippen molar-refractivity contribution in [3.05, 3.63) is 35.9 Å². The summed E-state index contributed by atoms with van der Waals surface area (Å²) >= 11 is 0. The van der Waals surface area contributed by atoms with Crippen LogP contribution in [0.3, 0.4) is 0 Å². The molecule has 0 amide bonds. The number of nitrogens with one attached hydrogen (secondary N) is 1. The number of fused-ring (bicyclic) bond motifs is 2. The zero-order valence-electron chi connectivity index (χ0n) is 16.0. The maximum atomic E-state index is 12.0. The number of benzene rings is 2. The predicted molar refractivity (Wildman–Crippen MR) is 104 cm³/mol. The summed E-state index contributed by atoms with van der Waals surface area (Å²) in [6.45, 7) is 2.62. The number of hydrogen-bond donors (Lipinski definition) is 1. The minimum atomic E-state index is -0.765. The molecular weight excluding hydrogens is 362 g/mol. The second-order valence-corrected chi connectivity index (χ2v) is 6.29. The van der Waals surface area contributed by atoms with Crippen LogP contribution in [0.5, 0.6) is 23.1 Å². The van der Waals surface area contributed by atoms with E-state index in [0.717, 1.165) is 39.8 Å². The average molecular weight is 383 g/mol. The number of H-pyrrole nitrogens is 1. The lowest BCUT2D eigenvalue weighted by Crippen LogP contribution is -2.10. The SMILES string of the molecule is CCOC(=O)Oc1[nH]c2cc(OC)c(OC)cc2c1-c1ccc2c(c1)CCO2. The number of ether oxygens (including phenoxy) is 5. The van der Waals surface area contributed by atoms with Gasteiger partial charge in [-0.05, 0) is 36.2 Å². The van der Waals surface area contributed by atoms with Crippen LogP contribution in [-0.4, -0.2) is 38.6 Å². The van der Waals surface area contributed by atoms with E-state index in [4.69, 9.17) is 23.7 Å². The first kappa shape index (κ1) is 18.0. The monoisotopic (exact) mass is 383 g/mol. The van der Waals surface area contributed by atoms with E-state index in [1.807, 2.05) is 24.3 Å². The third kappa shape index (κ3) is 3.09. The summed E-state index contributed by atoms with van der Waals surface area (Å²) in [6.07, 6.45) is 0.0789. The van der Waals surface area contributed by atoms with Gasteiger partial charge in [-0.2, -0.15) is 0 Å². The van der Waals surface area contributed by atoms with Crippen molar-refractivity contribution in [2.75, 3.05) is 27.4 Å². The van der Waals surface area contributed by atoms with E-state index in [2.05, 4.69) is 11.1 Å². The van der Waals surface area contributed by atoms with Gasteiger partial charge in [0, 0.05) is 17.9 Å². The fourth-order valence-electron chi connectivity index (χ4n) is 3.43. The van der Waals surface area contributed by atoms with Gasteiger partial charge < -0.3 is 28.7 Å². The van der Waals surface area contributed by atoms with Crippen molar-refractivity contribution >= 4 is 17.1 Å². The molecule has 3 aromatic rings. The van der Waals surface area contributed by atoms with Crippen molar-refractivity contribution < 1.29 is 28.5 Å². The van der Waals surface area contributed by atoms with Crippen molar-refractivity contribution in [3.8, 4) is 34.3 Å². The Bertz CT molecular complexity index is 1040. The molecular formula is C21H21NO6. The van der Waals surface area contributed by atoms with Gasteiger partial charge in [0.2, 0.25) is 5.88 Å². The van der Waals surface area contributed by atoms with E-state index in [1.54, 1.807) is 21.1 Å². The maximum Gasteiger partial charge on any atom is 0.515 e. The van der Waals surface area contributed by atoms with Crippen LogP contribution in [0.25, 0.3) is 22.0 Å². The molecule has 1 aliphatic rings. The van der Waals surface area contributed by atoms with Crippen LogP contribution in [0.1, 0.15) is 12.5 Å². The lowest BCUT2D eigenvalue weighted by Gasteiger charge is -2.09. The largest absolute Gasteiger partial charge is 0.515 e. The molecule has 1 aliphatic heterocycles. The first-order valence-electron chi connectivity index (χ1n) is 9.03. The zero-order chi connectivity index (χ0) is 19.7. The predicted octanol–water partition coefficient (Wildman–Crippen LogP) is 4.32. The minimum Gasteiger partial charge on any atom is -0.493 e. The Labute approximate surface area is 162 Å². The van der Waals surface area contributed by atoms with Crippen molar-refractivity contribution in [3.63, 3.8) is 0 Å². The summed E-state index contributed by atoms with van der Waals surface area (Å²) < 4.78 is 26.8. The van der Waals surface area contributed by atoms with Gasteiger partial charge in [-0.3, -0.25) is 0 Å². The van der Waals surface area contributed by atoms with Gasteiger partial charge >= 0.3 is 6.16 Å². The number of methoxy groups -OCH3 is 2. The fourth-order valence-corrected chi connectivity index (χ4v) is 3.43. The van der Waals surface area contributed by atoms with Gasteiger partial charge in [-0.15, -0.1) is 0 Å². The van der Waals surface area contributed by atoms with Gasteiger partial charge in [0.25, 0.3) is 0 Å². The quantitative estimate of drug-likeness (QED) is 0.661. The van der Waals surface area contributed by atoms with Crippen molar-refractivity contribution in [1.29, 1.82) is 0 Å². The van der Waals surface area contributed by atoms with Crippen LogP contribution in [0.4, 0.5) is 4.79 Å². The van der Waals surface area contributed by atoms with E-state index in [0.29, 0.717) is 24.0 Å². The minimum absolute atomic E-state index is 0.228. The Hall–Kier alpha value is -3.35. The molecule has 7 heteroatoms. The van der Waals surface area contributed by atoms with Gasteiger partial charge in [-0.25, -0.2) is 4.79 Å². The molecule has 0 radical (unpaired) electrons. The molecule has 0 fully saturated rings. The van der Waals surface area contributed by atoms with E-state index in [1.165, 1.54) is 0 Å². The highest BCUT2D eigenvalue weighted by Crippen LogP contribution is 2.43. The highest BCUT2D eigenvalue weighted by atomic mass is 16.7. The molecule has 0 spiro atoms. The molecule has 28 heavy (non-hydrogen) atoms. The third-order valence-electron chi connectivity index (χ3n) is 4.69. The summed E-state index contributed by atoms with van der Waals surface area (Å²) in [5, 5.41) is 0.843. The molecule has 2 heterocycles. The Morgan fingerprint density at radius 1 is 1.14 bits per heavy atom. The molecule has 0 unspecified atom stereocenters. The summed E-state index contributed by atoms with van der Waals surface area (Å²) in [7, 11) is 3.16. The van der Waals surface area contributed by atoms with Gasteiger partial charge in [0.1, 0.15) is 5.75 Å². The van der Waals surface area contributed by atoms with Crippen molar-refractivity contribution in [2.45, 2.75) is 13.3 Å². The van der Waals surface area contributed by atoms with Gasteiger partial charge in [0.05, 0.1) is 38.5 Å². The maximum absolute atomic E-state index is 12.0. The summed E-state index contributed by atoms with van der Waals surface area (Å²) in [5.74, 6) is 2.36. The molecule has 0 bridgehead atoms. The molecule has 0 saturated heterocycles. The molecule has 1 N–H and O–H groups in total. The molecule has 7 nitrogen and oxygen atoms in total. The summed E-state index contributed by atoms with van der Waals surface area (Å²) in [5.41, 5.74) is 3.53. The van der Waals surface area contributed by atoms with E-state index in [-0.39, 0.29) is 6.61 Å². The normalized spacial score (nSPS) is 12.4. The Morgan fingerprint density at radius 2 is 1.93 bits per heavy atom. The first-order valence-corrected chi connectivity index (χ1v) is 9.03. The van der Waals surface area contributed by atoms with Crippen LogP contribution in [-0.2, 0) is 11.2 Å². The highest BCUT2D eigenvalue weighted by Gasteiger charge is 2.22. The number of hydrogen-bond acceptors (Lipinski definition) is 6. The molecule has 2 aromatic carbocycles. The Balaban J connectivity index is 1.91. The number of aromatic amines is 1. The summed E-state index contributed by atoms with van der Waals surface area (Å²) in [6, 6.07) is 9.61. The standard InChI is InChI=1S/C21H21NO6/c1-4-26-21(23)28-20-19(13-5-6-16-12(9-13)7-8-27-16)14-10-17(24-2)18(25-3)11-15(14)22-20/h5-6,9-11,22H,4,7-8H2,1-3H3. The molecule has 0 saturated carbocycles. The van der Waals surface area contributed by atoms with Crippen molar-refractivity contribution in [1.82, 2.24) is 4.98 Å². The number of aromatic nitrogens is 1. The third-order valence-corrected chi connectivity index (χ3v) is 4.69. The van der Waals surface area contributed by atoms with Crippen LogP contribution >= 0.6 is 0 Å². The fraction of sp³-hybridized carbons (Fsp3) is 0.286. The number of carbonyl (C=O) groups is 1. The molecule has 0 aliphatic carbocycles. The smallest absolute Gasteiger partial charge is 0.493 e. The van der Waals surface area contributed by atoms with Crippen LogP contribution in [0, 0.1) is 0 Å². The van der Waals surface area contributed by atoms with Crippen LogP contribution in [0.2, 0.25) is 0 Å². The summed E-state index contributed by atoms with van der Waals surface area (Å²) in [4.78, 5) is 15.1. The van der Waals surface area contributed by atoms with E-state index in [9.17, 15) is 4.79 Å². The Kier molecular flexibility index (Phi) is 4.73. The lowest BCUT2D eigenvalue weighted by atomic mass is 10.0. The molecule has 146 valence electrons. The molecule has 4 rings (SSSR count). The van der Waals surface area contributed by atoms with Crippen LogP contribution < -0.4 is 18.9 Å². The zero-order valence-corrected chi connectivity index (χ0v) is 16.0. The number of rotatable bonds is 5. The Morgan fingerprint density at radius 3 is 2.68 bits per heavy atom. The first-order chi connectivity index (χ1) is 13.6. The molecule has 1 aromatic heterocycles. The second kappa shape index (κ2) is 7.34. The second-order valence-electron chi connectivity index (χ2n) is 6.29. The highest BCUT2D eigenvalue weighted by molar-refractivity contribution is 6.01. The number of carbonyl (C=O) groups excluding carboxylic acids is 1. The average Bonchev–Trinajstić information content (AvgIpc) is 3.29.